The largest absolute Gasteiger partial charge is 0.416 e. The van der Waals surface area contributed by atoms with Gasteiger partial charge in [-0.2, -0.15) is 13.2 Å². The summed E-state index contributed by atoms with van der Waals surface area (Å²) in [5.74, 6) is 0. The number of hydrogen-bond acceptors (Lipinski definition) is 3. The molecule has 0 radical (unpaired) electrons. The molecule has 0 fully saturated rings. The molecule has 0 saturated heterocycles. The van der Waals surface area contributed by atoms with Crippen LogP contribution in [0, 0.1) is 0 Å². The first kappa shape index (κ1) is 12.0. The number of aliphatic imine (C=N–C) groups is 1. The topological polar surface area (TPSA) is 28.5 Å². The standard InChI is InChI=1S/C13H10F3N3/c14-13(15,16)9-1-2-12-11(7-9)18-8-19(12)10-3-5-17-6-4-10/h1,3-8,12H,2H2. The van der Waals surface area contributed by atoms with E-state index < -0.39 is 11.7 Å². The van der Waals surface area contributed by atoms with Crippen LogP contribution in [-0.2, 0) is 0 Å². The number of hydrogen-bond donors (Lipinski definition) is 0. The fourth-order valence-corrected chi connectivity index (χ4v) is 2.22. The number of rotatable bonds is 1. The molecule has 0 saturated carbocycles. The van der Waals surface area contributed by atoms with Crippen LogP contribution >= 0.6 is 0 Å². The molecule has 0 bridgehead atoms. The van der Waals surface area contributed by atoms with Crippen molar-refractivity contribution >= 4 is 12.0 Å². The lowest BCUT2D eigenvalue weighted by molar-refractivity contribution is -0.0887. The van der Waals surface area contributed by atoms with Crippen molar-refractivity contribution in [3.8, 4) is 0 Å². The predicted molar refractivity (Wildman–Crippen MR) is 65.8 cm³/mol. The van der Waals surface area contributed by atoms with Crippen molar-refractivity contribution in [2.75, 3.05) is 4.90 Å². The zero-order valence-corrected chi connectivity index (χ0v) is 9.80. The molecule has 0 N–H and O–H groups in total. The number of fused-ring (bicyclic) bond motifs is 1. The molecule has 3 nitrogen and oxygen atoms in total. The molecular weight excluding hydrogens is 255 g/mol. The third kappa shape index (κ3) is 2.14. The summed E-state index contributed by atoms with van der Waals surface area (Å²) >= 11 is 0. The van der Waals surface area contributed by atoms with Crippen LogP contribution in [0.3, 0.4) is 0 Å². The Hall–Kier alpha value is -2.11. The minimum absolute atomic E-state index is 0.159. The smallest absolute Gasteiger partial charge is 0.323 e. The van der Waals surface area contributed by atoms with Gasteiger partial charge in [0.2, 0.25) is 0 Å². The van der Waals surface area contributed by atoms with Crippen molar-refractivity contribution < 1.29 is 13.2 Å². The Labute approximate surface area is 107 Å². The highest BCUT2D eigenvalue weighted by atomic mass is 19.4. The van der Waals surface area contributed by atoms with Crippen LogP contribution in [0.2, 0.25) is 0 Å². The quantitative estimate of drug-likeness (QED) is 0.780. The zero-order valence-electron chi connectivity index (χ0n) is 9.80. The highest BCUT2D eigenvalue weighted by molar-refractivity contribution is 5.85. The second-order valence-corrected chi connectivity index (χ2v) is 4.34. The Morgan fingerprint density at radius 1 is 1.21 bits per heavy atom. The summed E-state index contributed by atoms with van der Waals surface area (Å²) in [6.07, 6.45) is 3.18. The van der Waals surface area contributed by atoms with Crippen LogP contribution in [0.5, 0.6) is 0 Å². The predicted octanol–water partition coefficient (Wildman–Crippen LogP) is 3.07. The first-order valence-corrected chi connectivity index (χ1v) is 5.77. The summed E-state index contributed by atoms with van der Waals surface area (Å²) in [6, 6.07) is 3.45. The van der Waals surface area contributed by atoms with Crippen LogP contribution in [0.4, 0.5) is 18.9 Å². The molecule has 1 aromatic rings. The van der Waals surface area contributed by atoms with Gasteiger partial charge in [-0.1, -0.05) is 6.08 Å². The van der Waals surface area contributed by atoms with Gasteiger partial charge < -0.3 is 4.90 Å². The van der Waals surface area contributed by atoms with Gasteiger partial charge in [-0.05, 0) is 24.6 Å². The number of alkyl halides is 3. The number of anilines is 1. The van der Waals surface area contributed by atoms with Gasteiger partial charge in [-0.3, -0.25) is 4.98 Å². The second kappa shape index (κ2) is 4.22. The van der Waals surface area contributed by atoms with Gasteiger partial charge in [0, 0.05) is 18.1 Å². The first-order valence-electron chi connectivity index (χ1n) is 5.77. The lowest BCUT2D eigenvalue weighted by Crippen LogP contribution is -2.32. The number of halogens is 3. The van der Waals surface area contributed by atoms with Gasteiger partial charge in [0.05, 0.1) is 23.7 Å². The van der Waals surface area contributed by atoms with Gasteiger partial charge in [-0.25, -0.2) is 4.99 Å². The van der Waals surface area contributed by atoms with E-state index in [-0.39, 0.29) is 6.04 Å². The summed E-state index contributed by atoms with van der Waals surface area (Å²) in [4.78, 5) is 9.86. The Morgan fingerprint density at radius 3 is 2.63 bits per heavy atom. The van der Waals surface area contributed by atoms with Crippen molar-refractivity contribution in [1.29, 1.82) is 0 Å². The maximum absolute atomic E-state index is 12.6. The first-order chi connectivity index (χ1) is 9.05. The van der Waals surface area contributed by atoms with Crippen molar-refractivity contribution in [3.05, 3.63) is 47.9 Å². The Balaban J connectivity index is 1.87. The Kier molecular flexibility index (Phi) is 2.66. The lowest BCUT2D eigenvalue weighted by Gasteiger charge is -2.26. The molecule has 0 aromatic carbocycles. The van der Waals surface area contributed by atoms with Gasteiger partial charge >= 0.3 is 6.18 Å². The fourth-order valence-electron chi connectivity index (χ4n) is 2.22. The summed E-state index contributed by atoms with van der Waals surface area (Å²) in [5.41, 5.74) is 0.704. The van der Waals surface area contributed by atoms with Gasteiger partial charge in [0.25, 0.3) is 0 Å². The molecular formula is C13H10F3N3. The molecule has 1 atom stereocenters. The van der Waals surface area contributed by atoms with E-state index in [2.05, 4.69) is 9.98 Å². The zero-order chi connectivity index (χ0) is 13.5. The SMILES string of the molecule is FC(F)(F)C1=CCC2C(=C1)N=CN2c1ccncc1. The van der Waals surface area contributed by atoms with Crippen LogP contribution < -0.4 is 4.90 Å². The number of aromatic nitrogens is 1. The molecule has 2 aliphatic rings. The van der Waals surface area contributed by atoms with E-state index in [0.29, 0.717) is 12.1 Å². The summed E-state index contributed by atoms with van der Waals surface area (Å²) < 4.78 is 37.9. The fraction of sp³-hybridized carbons (Fsp3) is 0.231. The molecule has 0 spiro atoms. The van der Waals surface area contributed by atoms with Gasteiger partial charge in [-0.15, -0.1) is 0 Å². The Morgan fingerprint density at radius 2 is 1.95 bits per heavy atom. The molecule has 19 heavy (non-hydrogen) atoms. The van der Waals surface area contributed by atoms with Gasteiger partial charge in [0.15, 0.2) is 0 Å². The molecule has 1 aliphatic carbocycles. The lowest BCUT2D eigenvalue weighted by atomic mass is 9.99. The third-order valence-electron chi connectivity index (χ3n) is 3.16. The molecule has 98 valence electrons. The Bertz CT molecular complexity index is 573. The summed E-state index contributed by atoms with van der Waals surface area (Å²) in [6.45, 7) is 0. The normalized spacial score (nSPS) is 22.1. The summed E-state index contributed by atoms with van der Waals surface area (Å²) in [5, 5.41) is 0. The van der Waals surface area contributed by atoms with Crippen molar-refractivity contribution in [2.45, 2.75) is 18.6 Å². The van der Waals surface area contributed by atoms with E-state index in [1.807, 2.05) is 4.90 Å². The molecule has 2 heterocycles. The average molecular weight is 265 g/mol. The van der Waals surface area contributed by atoms with Crippen LogP contribution in [-0.4, -0.2) is 23.5 Å². The van der Waals surface area contributed by atoms with E-state index in [1.54, 1.807) is 30.9 Å². The second-order valence-electron chi connectivity index (χ2n) is 4.34. The molecule has 1 aliphatic heterocycles. The number of pyridine rings is 1. The molecule has 1 aromatic heterocycles. The van der Waals surface area contributed by atoms with Gasteiger partial charge in [0.1, 0.15) is 0 Å². The molecule has 6 heteroatoms. The van der Waals surface area contributed by atoms with E-state index in [4.69, 9.17) is 0 Å². The number of allylic oxidation sites excluding steroid dienone is 2. The number of nitrogens with zero attached hydrogens (tertiary/aromatic N) is 3. The van der Waals surface area contributed by atoms with Crippen LogP contribution in [0.1, 0.15) is 6.42 Å². The van der Waals surface area contributed by atoms with E-state index in [1.165, 1.54) is 6.08 Å². The minimum atomic E-state index is -4.31. The highest BCUT2D eigenvalue weighted by Gasteiger charge is 2.37. The average Bonchev–Trinajstić information content (AvgIpc) is 2.81. The third-order valence-corrected chi connectivity index (χ3v) is 3.16. The maximum Gasteiger partial charge on any atom is 0.416 e. The summed E-state index contributed by atoms with van der Waals surface area (Å²) in [7, 11) is 0. The van der Waals surface area contributed by atoms with Crippen molar-refractivity contribution in [2.24, 2.45) is 4.99 Å². The molecule has 1 unspecified atom stereocenters. The maximum atomic E-state index is 12.6. The minimum Gasteiger partial charge on any atom is -0.323 e. The highest BCUT2D eigenvalue weighted by Crippen LogP contribution is 2.36. The monoisotopic (exact) mass is 265 g/mol. The molecule has 0 amide bonds. The van der Waals surface area contributed by atoms with Crippen molar-refractivity contribution in [1.82, 2.24) is 4.98 Å². The van der Waals surface area contributed by atoms with Crippen LogP contribution in [0.15, 0.2) is 52.9 Å². The van der Waals surface area contributed by atoms with E-state index in [0.717, 1.165) is 11.8 Å². The van der Waals surface area contributed by atoms with E-state index in [9.17, 15) is 13.2 Å². The molecule has 3 rings (SSSR count). The van der Waals surface area contributed by atoms with Crippen LogP contribution in [0.25, 0.3) is 0 Å². The van der Waals surface area contributed by atoms with E-state index >= 15 is 0 Å². The van der Waals surface area contributed by atoms with Crippen molar-refractivity contribution in [3.63, 3.8) is 0 Å².